The maximum Gasteiger partial charge on any atom is 0.408 e. The molecule has 0 aromatic heterocycles. The van der Waals surface area contributed by atoms with Gasteiger partial charge >= 0.3 is 12.1 Å². The number of alkyl carbamates (subject to hydrolysis) is 1. The second-order valence-electron chi connectivity index (χ2n) is 4.81. The number of rotatable bonds is 8. The zero-order chi connectivity index (χ0) is 14.9. The fraction of sp³-hybridized carbons (Fsp3) is 0.833. The fourth-order valence-corrected chi connectivity index (χ4v) is 1.95. The first-order valence-corrected chi connectivity index (χ1v) is 7.29. The van der Waals surface area contributed by atoms with E-state index in [9.17, 15) is 9.59 Å². The van der Waals surface area contributed by atoms with E-state index < -0.39 is 23.7 Å². The van der Waals surface area contributed by atoms with Gasteiger partial charge in [0.1, 0.15) is 11.6 Å². The highest BCUT2D eigenvalue weighted by atomic mass is 32.2. The van der Waals surface area contributed by atoms with Crippen LogP contribution in [0.15, 0.2) is 0 Å². The Kier molecular flexibility index (Phi) is 8.58. The van der Waals surface area contributed by atoms with E-state index in [0.717, 1.165) is 0 Å². The molecule has 1 amide bonds. The second-order valence-corrected chi connectivity index (χ2v) is 5.96. The Morgan fingerprint density at radius 1 is 1.37 bits per heavy atom. The molecule has 0 aliphatic carbocycles. The minimum Gasteiger partial charge on any atom is -0.480 e. The topological polar surface area (TPSA) is 84.9 Å². The van der Waals surface area contributed by atoms with Gasteiger partial charge in [0.25, 0.3) is 0 Å². The lowest BCUT2D eigenvalue weighted by atomic mass is 10.2. The first-order chi connectivity index (χ1) is 8.76. The molecule has 7 heteroatoms. The quantitative estimate of drug-likeness (QED) is 0.663. The highest BCUT2D eigenvalue weighted by molar-refractivity contribution is 7.99. The SMILES string of the molecule is CCOCCSCC(NC(=O)OC(C)(C)C)C(=O)O. The average Bonchev–Trinajstić information content (AvgIpc) is 2.24. The van der Waals surface area contributed by atoms with E-state index in [-0.39, 0.29) is 5.75 Å². The van der Waals surface area contributed by atoms with Crippen molar-refractivity contribution in [3.05, 3.63) is 0 Å². The molecule has 1 atom stereocenters. The van der Waals surface area contributed by atoms with Crippen LogP contribution in [0.5, 0.6) is 0 Å². The van der Waals surface area contributed by atoms with Gasteiger partial charge in [0.2, 0.25) is 0 Å². The molecule has 0 aromatic carbocycles. The molecule has 1 unspecified atom stereocenters. The van der Waals surface area contributed by atoms with Crippen molar-refractivity contribution in [3.63, 3.8) is 0 Å². The van der Waals surface area contributed by atoms with Crippen LogP contribution >= 0.6 is 11.8 Å². The molecule has 2 N–H and O–H groups in total. The van der Waals surface area contributed by atoms with Gasteiger partial charge in [0, 0.05) is 18.1 Å². The Morgan fingerprint density at radius 2 is 2.00 bits per heavy atom. The van der Waals surface area contributed by atoms with Crippen molar-refractivity contribution >= 4 is 23.8 Å². The number of carboxylic acids is 1. The van der Waals surface area contributed by atoms with Gasteiger partial charge in [-0.3, -0.25) is 0 Å². The summed E-state index contributed by atoms with van der Waals surface area (Å²) in [6.07, 6.45) is -0.717. The largest absolute Gasteiger partial charge is 0.480 e. The Bertz CT molecular complexity index is 290. The molecule has 0 saturated heterocycles. The molecule has 19 heavy (non-hydrogen) atoms. The standard InChI is InChI=1S/C12H23NO5S/c1-5-17-6-7-19-8-9(10(14)15)13-11(16)18-12(2,3)4/h9H,5-8H2,1-4H3,(H,13,16)(H,14,15). The molecule has 0 bridgehead atoms. The molecular formula is C12H23NO5S. The van der Waals surface area contributed by atoms with E-state index in [4.69, 9.17) is 14.6 Å². The van der Waals surface area contributed by atoms with Gasteiger partial charge in [-0.1, -0.05) is 0 Å². The summed E-state index contributed by atoms with van der Waals surface area (Å²) in [5.74, 6) is -0.107. The zero-order valence-corrected chi connectivity index (χ0v) is 12.7. The molecule has 0 aromatic rings. The molecule has 0 aliphatic rings. The smallest absolute Gasteiger partial charge is 0.408 e. The van der Waals surface area contributed by atoms with Crippen molar-refractivity contribution in [2.75, 3.05) is 24.7 Å². The van der Waals surface area contributed by atoms with Crippen molar-refractivity contribution in [3.8, 4) is 0 Å². The number of hydrogen-bond acceptors (Lipinski definition) is 5. The molecule has 112 valence electrons. The van der Waals surface area contributed by atoms with Crippen LogP contribution in [0, 0.1) is 0 Å². The number of ether oxygens (including phenoxy) is 2. The molecule has 0 spiro atoms. The number of nitrogens with one attached hydrogen (secondary N) is 1. The van der Waals surface area contributed by atoms with Crippen LogP contribution in [-0.2, 0) is 14.3 Å². The lowest BCUT2D eigenvalue weighted by Gasteiger charge is -2.21. The maximum absolute atomic E-state index is 11.5. The van der Waals surface area contributed by atoms with Crippen LogP contribution in [0.25, 0.3) is 0 Å². The van der Waals surface area contributed by atoms with Gasteiger partial charge in [-0.05, 0) is 27.7 Å². The van der Waals surface area contributed by atoms with Crippen LogP contribution in [0.4, 0.5) is 4.79 Å². The summed E-state index contributed by atoms with van der Waals surface area (Å²) in [6.45, 7) is 8.27. The van der Waals surface area contributed by atoms with Crippen LogP contribution in [0.1, 0.15) is 27.7 Å². The van der Waals surface area contributed by atoms with Gasteiger partial charge in [-0.25, -0.2) is 9.59 Å². The first kappa shape index (κ1) is 18.0. The number of aliphatic carboxylic acids is 1. The Morgan fingerprint density at radius 3 is 2.47 bits per heavy atom. The summed E-state index contributed by atoms with van der Waals surface area (Å²) in [5, 5.41) is 11.3. The third-order valence-corrected chi connectivity index (χ3v) is 2.87. The summed E-state index contributed by atoms with van der Waals surface area (Å²) in [7, 11) is 0. The van der Waals surface area contributed by atoms with E-state index in [1.54, 1.807) is 20.8 Å². The Balaban J connectivity index is 4.05. The first-order valence-electron chi connectivity index (χ1n) is 6.14. The zero-order valence-electron chi connectivity index (χ0n) is 11.9. The molecular weight excluding hydrogens is 270 g/mol. The van der Waals surface area contributed by atoms with E-state index in [2.05, 4.69) is 5.32 Å². The number of amides is 1. The van der Waals surface area contributed by atoms with Crippen molar-refractivity contribution in [1.29, 1.82) is 0 Å². The predicted octanol–water partition coefficient (Wildman–Crippen LogP) is 1.73. The lowest BCUT2D eigenvalue weighted by molar-refractivity contribution is -0.138. The van der Waals surface area contributed by atoms with Crippen LogP contribution in [0.2, 0.25) is 0 Å². The fourth-order valence-electron chi connectivity index (χ4n) is 1.09. The van der Waals surface area contributed by atoms with Gasteiger partial charge < -0.3 is 19.9 Å². The molecule has 6 nitrogen and oxygen atoms in total. The van der Waals surface area contributed by atoms with Gasteiger partial charge in [-0.2, -0.15) is 11.8 Å². The van der Waals surface area contributed by atoms with Gasteiger partial charge in [0.05, 0.1) is 6.61 Å². The van der Waals surface area contributed by atoms with Crippen LogP contribution in [0.3, 0.4) is 0 Å². The predicted molar refractivity (Wildman–Crippen MR) is 74.6 cm³/mol. The van der Waals surface area contributed by atoms with Crippen molar-refractivity contribution in [1.82, 2.24) is 5.32 Å². The third kappa shape index (κ3) is 10.6. The average molecular weight is 293 g/mol. The van der Waals surface area contributed by atoms with Crippen LogP contribution < -0.4 is 5.32 Å². The monoisotopic (exact) mass is 293 g/mol. The number of thioether (sulfide) groups is 1. The highest BCUT2D eigenvalue weighted by Gasteiger charge is 2.23. The number of carbonyl (C=O) groups is 2. The van der Waals surface area contributed by atoms with E-state index in [1.807, 2.05) is 6.92 Å². The molecule has 0 radical (unpaired) electrons. The Hall–Kier alpha value is -0.950. The van der Waals surface area contributed by atoms with E-state index in [1.165, 1.54) is 11.8 Å². The number of carbonyl (C=O) groups excluding carboxylic acids is 1. The normalized spacial score (nSPS) is 12.8. The lowest BCUT2D eigenvalue weighted by Crippen LogP contribution is -2.45. The minimum absolute atomic E-state index is 0.279. The maximum atomic E-state index is 11.5. The van der Waals surface area contributed by atoms with Gasteiger partial charge in [-0.15, -0.1) is 0 Å². The van der Waals surface area contributed by atoms with Crippen molar-refractivity contribution in [2.45, 2.75) is 39.3 Å². The molecule has 0 heterocycles. The van der Waals surface area contributed by atoms with Gasteiger partial charge in [0.15, 0.2) is 0 Å². The molecule has 0 aliphatic heterocycles. The minimum atomic E-state index is -1.07. The third-order valence-electron chi connectivity index (χ3n) is 1.85. The molecule has 0 fully saturated rings. The molecule has 0 rings (SSSR count). The Labute approximate surface area is 118 Å². The van der Waals surface area contributed by atoms with Crippen molar-refractivity contribution < 1.29 is 24.2 Å². The van der Waals surface area contributed by atoms with E-state index in [0.29, 0.717) is 19.0 Å². The summed E-state index contributed by atoms with van der Waals surface area (Å²) in [4.78, 5) is 22.5. The van der Waals surface area contributed by atoms with Crippen LogP contribution in [-0.4, -0.2) is 53.5 Å². The number of carboxylic acid groups (broad SMARTS) is 1. The number of hydrogen-bond donors (Lipinski definition) is 2. The summed E-state index contributed by atoms with van der Waals surface area (Å²) in [6, 6.07) is -0.957. The highest BCUT2D eigenvalue weighted by Crippen LogP contribution is 2.08. The second kappa shape index (κ2) is 9.03. The van der Waals surface area contributed by atoms with Crippen molar-refractivity contribution in [2.24, 2.45) is 0 Å². The summed E-state index contributed by atoms with van der Waals surface area (Å²) < 4.78 is 10.2. The molecule has 0 saturated carbocycles. The summed E-state index contributed by atoms with van der Waals surface area (Å²) >= 11 is 1.41. The van der Waals surface area contributed by atoms with E-state index >= 15 is 0 Å². The summed E-state index contributed by atoms with van der Waals surface area (Å²) in [5.41, 5.74) is -0.644.